The summed E-state index contributed by atoms with van der Waals surface area (Å²) in [5.41, 5.74) is 2.52. The Kier molecular flexibility index (Phi) is 3.87. The third-order valence-electron chi connectivity index (χ3n) is 2.65. The minimum Gasteiger partial charge on any atom is -0.465 e. The second-order valence-electron chi connectivity index (χ2n) is 5.84. The Bertz CT molecular complexity index is 518. The van der Waals surface area contributed by atoms with Crippen molar-refractivity contribution in [2.75, 3.05) is 0 Å². The molecular formula is C16H20OSi. The van der Waals surface area contributed by atoms with E-state index in [0.29, 0.717) is 0 Å². The molecule has 1 nitrogen and oxygen atoms in total. The van der Waals surface area contributed by atoms with Gasteiger partial charge in [-0.2, -0.15) is 0 Å². The molecule has 0 spiro atoms. The van der Waals surface area contributed by atoms with Gasteiger partial charge in [0.25, 0.3) is 0 Å². The van der Waals surface area contributed by atoms with E-state index in [9.17, 15) is 0 Å². The molecule has 1 heterocycles. The summed E-state index contributed by atoms with van der Waals surface area (Å²) in [6, 6.07) is 13.6. The molecule has 0 N–H and O–H groups in total. The van der Waals surface area contributed by atoms with Gasteiger partial charge in [0.2, 0.25) is 0 Å². The Morgan fingerprint density at radius 3 is 2.44 bits per heavy atom. The van der Waals surface area contributed by atoms with E-state index in [1.807, 2.05) is 30.5 Å². The monoisotopic (exact) mass is 256 g/mol. The van der Waals surface area contributed by atoms with E-state index in [-0.39, 0.29) is 0 Å². The molecule has 0 atom stereocenters. The molecule has 0 amide bonds. The minimum absolute atomic E-state index is 0.937. The molecule has 94 valence electrons. The van der Waals surface area contributed by atoms with Gasteiger partial charge in [0.1, 0.15) is 5.76 Å². The molecular weight excluding hydrogens is 236 g/mol. The van der Waals surface area contributed by atoms with E-state index in [1.165, 1.54) is 17.2 Å². The van der Waals surface area contributed by atoms with Crippen molar-refractivity contribution in [2.24, 2.45) is 0 Å². The Hall–Kier alpha value is -1.54. The first-order chi connectivity index (χ1) is 8.53. The average molecular weight is 256 g/mol. The number of rotatable bonds is 4. The van der Waals surface area contributed by atoms with Crippen molar-refractivity contribution in [3.05, 3.63) is 59.5 Å². The third-order valence-corrected chi connectivity index (χ3v) is 4.12. The predicted octanol–water partition coefficient (Wildman–Crippen LogP) is 4.87. The van der Waals surface area contributed by atoms with Crippen LogP contribution in [0.1, 0.15) is 16.9 Å². The fourth-order valence-electron chi connectivity index (χ4n) is 1.93. The zero-order valence-corrected chi connectivity index (χ0v) is 12.3. The normalized spacial score (nSPS) is 12.2. The van der Waals surface area contributed by atoms with Gasteiger partial charge in [0, 0.05) is 8.07 Å². The SMILES string of the molecule is C[Si](C)(C)Cc1coc(/C=C/c2ccccc2)c1. The molecule has 2 rings (SSSR count). The molecule has 0 saturated heterocycles. The summed E-state index contributed by atoms with van der Waals surface area (Å²) in [5, 5.41) is 0. The van der Waals surface area contributed by atoms with Crippen molar-refractivity contribution >= 4 is 20.2 Å². The lowest BCUT2D eigenvalue weighted by Crippen LogP contribution is -2.23. The van der Waals surface area contributed by atoms with Crippen molar-refractivity contribution in [2.45, 2.75) is 25.7 Å². The maximum atomic E-state index is 5.57. The molecule has 0 unspecified atom stereocenters. The summed E-state index contributed by atoms with van der Waals surface area (Å²) in [7, 11) is -1.06. The van der Waals surface area contributed by atoms with Gasteiger partial charge in [-0.05, 0) is 29.3 Å². The van der Waals surface area contributed by atoms with Gasteiger partial charge in [0.15, 0.2) is 0 Å². The molecule has 2 heteroatoms. The van der Waals surface area contributed by atoms with Crippen LogP contribution in [0.5, 0.6) is 0 Å². The minimum atomic E-state index is -1.06. The Balaban J connectivity index is 2.05. The number of furan rings is 1. The summed E-state index contributed by atoms with van der Waals surface area (Å²) in [6.45, 7) is 7.12. The molecule has 1 aromatic carbocycles. The van der Waals surface area contributed by atoms with Crippen LogP contribution in [0.3, 0.4) is 0 Å². The van der Waals surface area contributed by atoms with Gasteiger partial charge in [-0.15, -0.1) is 0 Å². The molecule has 0 saturated carbocycles. The van der Waals surface area contributed by atoms with Crippen LogP contribution in [0.25, 0.3) is 12.2 Å². The van der Waals surface area contributed by atoms with Crippen molar-refractivity contribution < 1.29 is 4.42 Å². The van der Waals surface area contributed by atoms with Gasteiger partial charge in [-0.1, -0.05) is 56.0 Å². The predicted molar refractivity (Wildman–Crippen MR) is 81.1 cm³/mol. The van der Waals surface area contributed by atoms with E-state index >= 15 is 0 Å². The van der Waals surface area contributed by atoms with Crippen LogP contribution in [0, 0.1) is 0 Å². The summed E-state index contributed by atoms with van der Waals surface area (Å²) in [4.78, 5) is 0. The fraction of sp³-hybridized carbons (Fsp3) is 0.250. The van der Waals surface area contributed by atoms with E-state index in [0.717, 1.165) is 5.76 Å². The number of hydrogen-bond donors (Lipinski definition) is 0. The van der Waals surface area contributed by atoms with Crippen LogP contribution in [-0.2, 0) is 6.04 Å². The molecule has 0 aliphatic carbocycles. The lowest BCUT2D eigenvalue weighted by Gasteiger charge is -2.13. The third kappa shape index (κ3) is 4.04. The number of benzene rings is 1. The summed E-state index contributed by atoms with van der Waals surface area (Å²) < 4.78 is 5.57. The van der Waals surface area contributed by atoms with Crippen molar-refractivity contribution in [1.29, 1.82) is 0 Å². The molecule has 0 aliphatic rings. The van der Waals surface area contributed by atoms with Crippen LogP contribution in [-0.4, -0.2) is 8.07 Å². The first kappa shape index (κ1) is 12.9. The summed E-state index contributed by atoms with van der Waals surface area (Å²) >= 11 is 0. The molecule has 0 aliphatic heterocycles. The van der Waals surface area contributed by atoms with Gasteiger partial charge in [0.05, 0.1) is 6.26 Å². The molecule has 2 aromatic rings. The quantitative estimate of drug-likeness (QED) is 0.711. The fourth-order valence-corrected chi connectivity index (χ4v) is 3.34. The molecule has 0 bridgehead atoms. The Morgan fingerprint density at radius 1 is 1.06 bits per heavy atom. The van der Waals surface area contributed by atoms with Gasteiger partial charge < -0.3 is 4.42 Å². The average Bonchev–Trinajstić information content (AvgIpc) is 2.73. The molecule has 18 heavy (non-hydrogen) atoms. The van der Waals surface area contributed by atoms with Crippen LogP contribution >= 0.6 is 0 Å². The molecule has 1 aromatic heterocycles. The van der Waals surface area contributed by atoms with Crippen molar-refractivity contribution in [3.63, 3.8) is 0 Å². The lowest BCUT2D eigenvalue weighted by molar-refractivity contribution is 0.555. The lowest BCUT2D eigenvalue weighted by atomic mass is 10.2. The van der Waals surface area contributed by atoms with Crippen LogP contribution in [0.4, 0.5) is 0 Å². The van der Waals surface area contributed by atoms with E-state index in [2.05, 4.69) is 43.9 Å². The zero-order valence-electron chi connectivity index (χ0n) is 11.3. The van der Waals surface area contributed by atoms with Gasteiger partial charge in [-0.25, -0.2) is 0 Å². The Morgan fingerprint density at radius 2 is 1.78 bits per heavy atom. The second kappa shape index (κ2) is 5.40. The first-order valence-electron chi connectivity index (χ1n) is 6.33. The highest BCUT2D eigenvalue weighted by molar-refractivity contribution is 6.75. The van der Waals surface area contributed by atoms with E-state index < -0.39 is 8.07 Å². The number of hydrogen-bond acceptors (Lipinski definition) is 1. The molecule has 0 radical (unpaired) electrons. The van der Waals surface area contributed by atoms with E-state index in [4.69, 9.17) is 4.42 Å². The highest BCUT2D eigenvalue weighted by atomic mass is 28.3. The van der Waals surface area contributed by atoms with Gasteiger partial charge >= 0.3 is 0 Å². The summed E-state index contributed by atoms with van der Waals surface area (Å²) in [6.07, 6.45) is 6.00. The van der Waals surface area contributed by atoms with Crippen molar-refractivity contribution in [1.82, 2.24) is 0 Å². The largest absolute Gasteiger partial charge is 0.465 e. The highest BCUT2D eigenvalue weighted by Crippen LogP contribution is 2.16. The second-order valence-corrected chi connectivity index (χ2v) is 11.3. The first-order valence-corrected chi connectivity index (χ1v) is 10.0. The van der Waals surface area contributed by atoms with Crippen molar-refractivity contribution in [3.8, 4) is 0 Å². The van der Waals surface area contributed by atoms with Crippen LogP contribution < -0.4 is 0 Å². The maximum absolute atomic E-state index is 5.57. The Labute approximate surface area is 110 Å². The smallest absolute Gasteiger partial charge is 0.126 e. The molecule has 0 fully saturated rings. The maximum Gasteiger partial charge on any atom is 0.126 e. The zero-order chi connectivity index (χ0) is 13.0. The van der Waals surface area contributed by atoms with Gasteiger partial charge in [-0.3, -0.25) is 0 Å². The van der Waals surface area contributed by atoms with Crippen LogP contribution in [0.2, 0.25) is 19.6 Å². The van der Waals surface area contributed by atoms with E-state index in [1.54, 1.807) is 0 Å². The van der Waals surface area contributed by atoms with Crippen LogP contribution in [0.15, 0.2) is 47.1 Å². The summed E-state index contributed by atoms with van der Waals surface area (Å²) in [5.74, 6) is 0.937. The topological polar surface area (TPSA) is 13.1 Å². The standard InChI is InChI=1S/C16H20OSi/c1-18(2,3)13-15-11-16(17-12-15)10-9-14-7-5-4-6-8-14/h4-12H,13H2,1-3H3/b10-9+. The highest BCUT2D eigenvalue weighted by Gasteiger charge is 2.14.